The highest BCUT2D eigenvalue weighted by Gasteiger charge is 2.32. The molecule has 4 fully saturated rings. The number of hydrogen-bond donors (Lipinski definition) is 1. The first-order valence-corrected chi connectivity index (χ1v) is 11.2. The van der Waals surface area contributed by atoms with Crippen molar-refractivity contribution in [1.82, 2.24) is 20.0 Å². The molecular weight excluding hydrogens is 340 g/mol. The predicted molar refractivity (Wildman–Crippen MR) is 105 cm³/mol. The monoisotopic (exact) mass is 376 g/mol. The van der Waals surface area contributed by atoms with Gasteiger partial charge in [0.25, 0.3) is 0 Å². The lowest BCUT2D eigenvalue weighted by atomic mass is 9.88. The predicted octanol–water partition coefficient (Wildman–Crippen LogP) is 1.45. The maximum absolute atomic E-state index is 12.7. The van der Waals surface area contributed by atoms with E-state index in [0.717, 1.165) is 64.6 Å². The zero-order chi connectivity index (χ0) is 18.6. The first kappa shape index (κ1) is 19.2. The second kappa shape index (κ2) is 8.91. The van der Waals surface area contributed by atoms with E-state index in [4.69, 9.17) is 0 Å². The molecule has 2 aliphatic carbocycles. The van der Waals surface area contributed by atoms with Gasteiger partial charge in [0.1, 0.15) is 0 Å². The van der Waals surface area contributed by atoms with Crippen LogP contribution in [0.4, 0.5) is 0 Å². The summed E-state index contributed by atoms with van der Waals surface area (Å²) in [5.74, 6) is 0.740. The molecule has 2 saturated carbocycles. The average Bonchev–Trinajstić information content (AvgIpc) is 3.08. The Morgan fingerprint density at radius 3 is 2.22 bits per heavy atom. The first-order valence-electron chi connectivity index (χ1n) is 11.2. The number of carbonyl (C=O) groups excluding carboxylic acids is 2. The summed E-state index contributed by atoms with van der Waals surface area (Å²) in [4.78, 5) is 31.9. The van der Waals surface area contributed by atoms with Crippen LogP contribution in [0.2, 0.25) is 0 Å². The summed E-state index contributed by atoms with van der Waals surface area (Å²) < 4.78 is 0. The summed E-state index contributed by atoms with van der Waals surface area (Å²) in [6.45, 7) is 6.10. The molecule has 152 valence electrons. The lowest BCUT2D eigenvalue weighted by Gasteiger charge is -2.43. The van der Waals surface area contributed by atoms with E-state index < -0.39 is 0 Å². The van der Waals surface area contributed by atoms with Gasteiger partial charge in [-0.2, -0.15) is 0 Å². The lowest BCUT2D eigenvalue weighted by Crippen LogP contribution is -2.55. The van der Waals surface area contributed by atoms with Gasteiger partial charge in [-0.25, -0.2) is 0 Å². The Morgan fingerprint density at radius 2 is 1.56 bits per heavy atom. The van der Waals surface area contributed by atoms with Crippen molar-refractivity contribution in [3.05, 3.63) is 0 Å². The van der Waals surface area contributed by atoms with E-state index in [1.165, 1.54) is 38.5 Å². The minimum Gasteiger partial charge on any atom is -0.352 e. The second-order valence-corrected chi connectivity index (χ2v) is 9.07. The summed E-state index contributed by atoms with van der Waals surface area (Å²) in [7, 11) is 0. The van der Waals surface area contributed by atoms with Gasteiger partial charge < -0.3 is 10.2 Å². The molecule has 2 saturated heterocycles. The van der Waals surface area contributed by atoms with Crippen LogP contribution in [0.25, 0.3) is 0 Å². The maximum atomic E-state index is 12.7. The summed E-state index contributed by atoms with van der Waals surface area (Å²) in [5, 5.41) is 3.25. The molecule has 6 nitrogen and oxygen atoms in total. The molecule has 2 aliphatic heterocycles. The van der Waals surface area contributed by atoms with Gasteiger partial charge in [-0.3, -0.25) is 19.4 Å². The molecule has 0 radical (unpaired) electrons. The number of rotatable bonds is 5. The fourth-order valence-electron chi connectivity index (χ4n) is 5.16. The van der Waals surface area contributed by atoms with Crippen molar-refractivity contribution in [2.75, 3.05) is 45.8 Å². The molecule has 6 heteroatoms. The fraction of sp³-hybridized carbons (Fsp3) is 0.905. The molecule has 0 aromatic heterocycles. The molecule has 0 bridgehead atoms. The quantitative estimate of drug-likeness (QED) is 0.789. The summed E-state index contributed by atoms with van der Waals surface area (Å²) >= 11 is 0. The Hall–Kier alpha value is -1.14. The molecule has 1 atom stereocenters. The van der Waals surface area contributed by atoms with E-state index in [-0.39, 0.29) is 23.8 Å². The van der Waals surface area contributed by atoms with Crippen molar-refractivity contribution in [2.45, 2.75) is 69.9 Å². The zero-order valence-electron chi connectivity index (χ0n) is 16.7. The maximum Gasteiger partial charge on any atom is 0.236 e. The van der Waals surface area contributed by atoms with Crippen LogP contribution in [-0.4, -0.2) is 84.4 Å². The van der Waals surface area contributed by atoms with Crippen LogP contribution in [-0.2, 0) is 9.59 Å². The van der Waals surface area contributed by atoms with Crippen molar-refractivity contribution in [3.63, 3.8) is 0 Å². The summed E-state index contributed by atoms with van der Waals surface area (Å²) in [5.41, 5.74) is 0. The van der Waals surface area contributed by atoms with Crippen molar-refractivity contribution in [2.24, 2.45) is 5.92 Å². The first-order chi connectivity index (χ1) is 13.2. The van der Waals surface area contributed by atoms with E-state index in [1.807, 2.05) is 4.90 Å². The third-order valence-electron chi connectivity index (χ3n) is 7.21. The van der Waals surface area contributed by atoms with Crippen molar-refractivity contribution in [1.29, 1.82) is 0 Å². The summed E-state index contributed by atoms with van der Waals surface area (Å²) in [6.07, 6.45) is 10.8. The van der Waals surface area contributed by atoms with Gasteiger partial charge >= 0.3 is 0 Å². The molecule has 2 heterocycles. The minimum atomic E-state index is 0.224. The van der Waals surface area contributed by atoms with Crippen LogP contribution < -0.4 is 5.32 Å². The minimum absolute atomic E-state index is 0.224. The third-order valence-corrected chi connectivity index (χ3v) is 7.21. The number of nitrogens with one attached hydrogen (secondary N) is 1. The Balaban J connectivity index is 1.16. The van der Waals surface area contributed by atoms with Gasteiger partial charge in [0.15, 0.2) is 0 Å². The summed E-state index contributed by atoms with van der Waals surface area (Å²) in [6, 6.07) is 1.01. The number of nitrogens with zero attached hydrogens (tertiary/aromatic N) is 3. The molecule has 4 aliphatic rings. The number of amides is 2. The second-order valence-electron chi connectivity index (χ2n) is 9.07. The van der Waals surface area contributed by atoms with Crippen molar-refractivity contribution < 1.29 is 9.59 Å². The number of piperazine rings is 1. The Morgan fingerprint density at radius 1 is 0.815 bits per heavy atom. The van der Waals surface area contributed by atoms with Crippen LogP contribution in [0.5, 0.6) is 0 Å². The molecule has 27 heavy (non-hydrogen) atoms. The molecule has 4 rings (SSSR count). The van der Waals surface area contributed by atoms with Gasteiger partial charge in [0, 0.05) is 57.3 Å². The molecule has 1 unspecified atom stereocenters. The number of hydrogen-bond acceptors (Lipinski definition) is 4. The molecule has 0 aromatic carbocycles. The SMILES string of the molecule is O=C(NC1CCN(CC(=O)N2CCN(C3CCC3)CC2)C1)C1CCCCC1. The van der Waals surface area contributed by atoms with Gasteiger partial charge in [-0.05, 0) is 32.1 Å². The Labute approximate surface area is 163 Å². The van der Waals surface area contributed by atoms with Gasteiger partial charge in [0.2, 0.25) is 11.8 Å². The smallest absolute Gasteiger partial charge is 0.236 e. The van der Waals surface area contributed by atoms with Crippen LogP contribution in [0.3, 0.4) is 0 Å². The number of likely N-dealkylation sites (tertiary alicyclic amines) is 1. The third kappa shape index (κ3) is 4.83. The van der Waals surface area contributed by atoms with E-state index in [1.54, 1.807) is 0 Å². The van der Waals surface area contributed by atoms with Crippen molar-refractivity contribution >= 4 is 11.8 Å². The molecule has 0 spiro atoms. The highest BCUT2D eigenvalue weighted by Crippen LogP contribution is 2.26. The lowest BCUT2D eigenvalue weighted by molar-refractivity contribution is -0.134. The van der Waals surface area contributed by atoms with E-state index >= 15 is 0 Å². The van der Waals surface area contributed by atoms with Crippen LogP contribution >= 0.6 is 0 Å². The molecule has 2 amide bonds. The van der Waals surface area contributed by atoms with Gasteiger partial charge in [-0.1, -0.05) is 25.7 Å². The van der Waals surface area contributed by atoms with Gasteiger partial charge in [-0.15, -0.1) is 0 Å². The largest absolute Gasteiger partial charge is 0.352 e. The highest BCUT2D eigenvalue weighted by molar-refractivity contribution is 5.79. The number of carbonyl (C=O) groups is 2. The van der Waals surface area contributed by atoms with E-state index in [2.05, 4.69) is 15.1 Å². The molecular formula is C21H36N4O2. The molecule has 0 aromatic rings. The van der Waals surface area contributed by atoms with Crippen LogP contribution in [0, 0.1) is 5.92 Å². The topological polar surface area (TPSA) is 55.9 Å². The van der Waals surface area contributed by atoms with Crippen molar-refractivity contribution in [3.8, 4) is 0 Å². The Bertz CT molecular complexity index is 522. The standard InChI is InChI=1S/C21H36N4O2/c26-20(25-13-11-24(12-14-25)19-7-4-8-19)16-23-10-9-18(15-23)22-21(27)17-5-2-1-3-6-17/h17-19H,1-16H2,(H,22,27). The average molecular weight is 377 g/mol. The normalized spacial score (nSPS) is 28.9. The highest BCUT2D eigenvalue weighted by atomic mass is 16.2. The van der Waals surface area contributed by atoms with Gasteiger partial charge in [0.05, 0.1) is 6.54 Å². The molecule has 1 N–H and O–H groups in total. The van der Waals surface area contributed by atoms with E-state index in [9.17, 15) is 9.59 Å². The fourth-order valence-corrected chi connectivity index (χ4v) is 5.16. The zero-order valence-corrected chi connectivity index (χ0v) is 16.7. The van der Waals surface area contributed by atoms with E-state index in [0.29, 0.717) is 6.54 Å². The van der Waals surface area contributed by atoms with Crippen LogP contribution in [0.1, 0.15) is 57.8 Å². The Kier molecular flexibility index (Phi) is 6.33. The van der Waals surface area contributed by atoms with Crippen LogP contribution in [0.15, 0.2) is 0 Å².